The monoisotopic (exact) mass is 298 g/mol. The van der Waals surface area contributed by atoms with E-state index < -0.39 is 0 Å². The van der Waals surface area contributed by atoms with Crippen LogP contribution in [-0.4, -0.2) is 45.7 Å². The molecule has 0 spiro atoms. The van der Waals surface area contributed by atoms with Crippen molar-refractivity contribution in [2.24, 2.45) is 0 Å². The van der Waals surface area contributed by atoms with Crippen LogP contribution in [0.3, 0.4) is 0 Å². The molecular formula is C19H26N2O. The van der Waals surface area contributed by atoms with Gasteiger partial charge in [0.1, 0.15) is 5.75 Å². The highest BCUT2D eigenvalue weighted by Crippen LogP contribution is 2.16. The van der Waals surface area contributed by atoms with Crippen molar-refractivity contribution in [3.05, 3.63) is 60.2 Å². The molecule has 0 aliphatic carbocycles. The highest BCUT2D eigenvalue weighted by Gasteiger charge is 2.07. The predicted octanol–water partition coefficient (Wildman–Crippen LogP) is 3.31. The fourth-order valence-electron chi connectivity index (χ4n) is 2.39. The molecule has 2 aromatic rings. The van der Waals surface area contributed by atoms with E-state index in [1.165, 1.54) is 11.3 Å². The minimum absolute atomic E-state index is 0.913. The molecule has 0 fully saturated rings. The lowest BCUT2D eigenvalue weighted by molar-refractivity contribution is 0.413. The van der Waals surface area contributed by atoms with E-state index in [1.54, 1.807) is 7.11 Å². The lowest BCUT2D eigenvalue weighted by Gasteiger charge is -2.26. The average molecular weight is 298 g/mol. The lowest BCUT2D eigenvalue weighted by atomic mass is 10.1. The molecule has 0 bridgehead atoms. The largest absolute Gasteiger partial charge is 0.497 e. The molecule has 0 aliphatic heterocycles. The third-order valence-electron chi connectivity index (χ3n) is 3.77. The third kappa shape index (κ3) is 5.08. The number of anilines is 1. The maximum atomic E-state index is 5.21. The summed E-state index contributed by atoms with van der Waals surface area (Å²) in [6.07, 6.45) is 1.03. The van der Waals surface area contributed by atoms with Crippen molar-refractivity contribution in [2.75, 3.05) is 45.7 Å². The number of hydrogen-bond acceptors (Lipinski definition) is 3. The Kier molecular flexibility index (Phi) is 6.28. The van der Waals surface area contributed by atoms with Crippen molar-refractivity contribution < 1.29 is 4.74 Å². The molecule has 2 aromatic carbocycles. The third-order valence-corrected chi connectivity index (χ3v) is 3.77. The van der Waals surface area contributed by atoms with Gasteiger partial charge in [0.05, 0.1) is 7.11 Å². The van der Waals surface area contributed by atoms with Gasteiger partial charge in [-0.1, -0.05) is 30.3 Å². The number of para-hydroxylation sites is 1. The molecule has 0 aliphatic rings. The zero-order valence-electron chi connectivity index (χ0n) is 13.8. The number of methoxy groups -OCH3 is 1. The SMILES string of the molecule is COc1ccc(CCN(CCN(C)C)c2ccccc2)cc1. The molecule has 0 N–H and O–H groups in total. The van der Waals surface area contributed by atoms with Crippen molar-refractivity contribution in [3.63, 3.8) is 0 Å². The Bertz CT molecular complexity index is 537. The van der Waals surface area contributed by atoms with Crippen LogP contribution in [0.2, 0.25) is 0 Å². The van der Waals surface area contributed by atoms with Crippen LogP contribution in [0.15, 0.2) is 54.6 Å². The van der Waals surface area contributed by atoms with E-state index in [4.69, 9.17) is 4.74 Å². The second kappa shape index (κ2) is 8.44. The standard InChI is InChI=1S/C19H26N2O/c1-20(2)15-16-21(18-7-5-4-6-8-18)14-13-17-9-11-19(22-3)12-10-17/h4-12H,13-16H2,1-3H3. The molecule has 0 saturated heterocycles. The quantitative estimate of drug-likeness (QED) is 0.743. The summed E-state index contributed by atoms with van der Waals surface area (Å²) < 4.78 is 5.21. The Balaban J connectivity index is 1.99. The van der Waals surface area contributed by atoms with Crippen molar-refractivity contribution in [3.8, 4) is 5.75 Å². The van der Waals surface area contributed by atoms with Gasteiger partial charge in [-0.3, -0.25) is 0 Å². The lowest BCUT2D eigenvalue weighted by Crippen LogP contribution is -2.33. The van der Waals surface area contributed by atoms with Gasteiger partial charge in [-0.2, -0.15) is 0 Å². The maximum Gasteiger partial charge on any atom is 0.118 e. The number of nitrogens with zero attached hydrogens (tertiary/aromatic N) is 2. The Hall–Kier alpha value is -2.00. The molecule has 0 radical (unpaired) electrons. The van der Waals surface area contributed by atoms with E-state index in [-0.39, 0.29) is 0 Å². The number of ether oxygens (including phenoxy) is 1. The van der Waals surface area contributed by atoms with E-state index in [2.05, 4.69) is 66.4 Å². The van der Waals surface area contributed by atoms with Gasteiger partial charge in [0, 0.05) is 25.3 Å². The van der Waals surface area contributed by atoms with Crippen molar-refractivity contribution in [1.29, 1.82) is 0 Å². The Labute approximate surface area is 134 Å². The summed E-state index contributed by atoms with van der Waals surface area (Å²) in [4.78, 5) is 4.67. The second-order valence-electron chi connectivity index (χ2n) is 5.72. The van der Waals surface area contributed by atoms with Gasteiger partial charge in [-0.25, -0.2) is 0 Å². The summed E-state index contributed by atoms with van der Waals surface area (Å²) >= 11 is 0. The van der Waals surface area contributed by atoms with E-state index in [0.29, 0.717) is 0 Å². The van der Waals surface area contributed by atoms with E-state index in [1.807, 2.05) is 12.1 Å². The predicted molar refractivity (Wildman–Crippen MR) is 93.9 cm³/mol. The van der Waals surface area contributed by atoms with Crippen LogP contribution in [-0.2, 0) is 6.42 Å². The van der Waals surface area contributed by atoms with Crippen molar-refractivity contribution in [2.45, 2.75) is 6.42 Å². The Morgan fingerprint density at radius 1 is 0.818 bits per heavy atom. The van der Waals surface area contributed by atoms with Crippen LogP contribution in [0.1, 0.15) is 5.56 Å². The van der Waals surface area contributed by atoms with E-state index in [9.17, 15) is 0 Å². The van der Waals surface area contributed by atoms with E-state index >= 15 is 0 Å². The smallest absolute Gasteiger partial charge is 0.118 e. The topological polar surface area (TPSA) is 15.7 Å². The maximum absolute atomic E-state index is 5.21. The van der Waals surface area contributed by atoms with Crippen LogP contribution in [0.25, 0.3) is 0 Å². The Morgan fingerprint density at radius 3 is 2.09 bits per heavy atom. The number of rotatable bonds is 8. The normalized spacial score (nSPS) is 10.7. The van der Waals surface area contributed by atoms with Crippen molar-refractivity contribution in [1.82, 2.24) is 4.90 Å². The average Bonchev–Trinajstić information content (AvgIpc) is 2.56. The summed E-state index contributed by atoms with van der Waals surface area (Å²) in [7, 11) is 5.94. The first-order valence-corrected chi connectivity index (χ1v) is 7.76. The summed E-state index contributed by atoms with van der Waals surface area (Å²) in [5.74, 6) is 0.913. The minimum Gasteiger partial charge on any atom is -0.497 e. The summed E-state index contributed by atoms with van der Waals surface area (Å²) in [6.45, 7) is 3.11. The molecule has 0 aromatic heterocycles. The summed E-state index contributed by atoms with van der Waals surface area (Å²) in [5.41, 5.74) is 2.63. The fourth-order valence-corrected chi connectivity index (χ4v) is 2.39. The summed E-state index contributed by atoms with van der Waals surface area (Å²) in [6, 6.07) is 19.0. The van der Waals surface area contributed by atoms with E-state index in [0.717, 1.165) is 31.8 Å². The molecule has 0 atom stereocenters. The van der Waals surface area contributed by atoms with Crippen molar-refractivity contribution >= 4 is 5.69 Å². The number of hydrogen-bond donors (Lipinski definition) is 0. The molecule has 3 heteroatoms. The van der Waals surface area contributed by atoms with Crippen LogP contribution in [0, 0.1) is 0 Å². The molecule has 0 heterocycles. The van der Waals surface area contributed by atoms with Crippen LogP contribution in [0.5, 0.6) is 5.75 Å². The highest BCUT2D eigenvalue weighted by molar-refractivity contribution is 5.46. The summed E-state index contributed by atoms with van der Waals surface area (Å²) in [5, 5.41) is 0. The number of benzene rings is 2. The van der Waals surface area contributed by atoms with Gasteiger partial charge < -0.3 is 14.5 Å². The molecule has 0 saturated carbocycles. The van der Waals surface area contributed by atoms with Gasteiger partial charge in [0.15, 0.2) is 0 Å². The van der Waals surface area contributed by atoms with Crippen LogP contribution >= 0.6 is 0 Å². The highest BCUT2D eigenvalue weighted by atomic mass is 16.5. The molecule has 22 heavy (non-hydrogen) atoms. The first-order valence-electron chi connectivity index (χ1n) is 7.76. The van der Waals surface area contributed by atoms with Gasteiger partial charge in [-0.15, -0.1) is 0 Å². The molecule has 118 valence electrons. The van der Waals surface area contributed by atoms with Gasteiger partial charge in [0.2, 0.25) is 0 Å². The van der Waals surface area contributed by atoms with Gasteiger partial charge in [-0.05, 0) is 50.3 Å². The molecule has 2 rings (SSSR count). The fraction of sp³-hybridized carbons (Fsp3) is 0.368. The van der Waals surface area contributed by atoms with Crippen LogP contribution < -0.4 is 9.64 Å². The zero-order chi connectivity index (χ0) is 15.8. The molecular weight excluding hydrogens is 272 g/mol. The zero-order valence-corrected chi connectivity index (χ0v) is 13.8. The first-order chi connectivity index (χ1) is 10.7. The minimum atomic E-state index is 0.913. The van der Waals surface area contributed by atoms with Gasteiger partial charge >= 0.3 is 0 Å². The second-order valence-corrected chi connectivity index (χ2v) is 5.72. The molecule has 3 nitrogen and oxygen atoms in total. The Morgan fingerprint density at radius 2 is 1.50 bits per heavy atom. The molecule has 0 unspecified atom stereocenters. The van der Waals surface area contributed by atoms with Gasteiger partial charge in [0.25, 0.3) is 0 Å². The molecule has 0 amide bonds. The first kappa shape index (κ1) is 16.4. The van der Waals surface area contributed by atoms with Crippen LogP contribution in [0.4, 0.5) is 5.69 Å². The number of likely N-dealkylation sites (N-methyl/N-ethyl adjacent to an activating group) is 1.